The summed E-state index contributed by atoms with van der Waals surface area (Å²) in [4.78, 5) is 26.5. The molecule has 0 aliphatic rings. The summed E-state index contributed by atoms with van der Waals surface area (Å²) in [7, 11) is 0. The number of hydrogen-bond donors (Lipinski definition) is 0. The lowest BCUT2D eigenvalue weighted by molar-refractivity contribution is -0.121. The van der Waals surface area contributed by atoms with Gasteiger partial charge in [0.1, 0.15) is 11.3 Å². The minimum atomic E-state index is -0.639. The van der Waals surface area contributed by atoms with E-state index in [9.17, 15) is 9.59 Å². The molecule has 0 spiro atoms. The molecule has 0 bridgehead atoms. The molecule has 0 aliphatic carbocycles. The molecule has 0 atom stereocenters. The van der Waals surface area contributed by atoms with Crippen LogP contribution in [0.2, 0.25) is 0 Å². The number of nitriles is 1. The van der Waals surface area contributed by atoms with Gasteiger partial charge in [-0.05, 0) is 50.5 Å². The molecule has 1 aromatic heterocycles. The summed E-state index contributed by atoms with van der Waals surface area (Å²) in [6.07, 6.45) is 0.698. The molecule has 1 heterocycles. The SMILES string of the molecule is CCc1noc(C)c1C(=O)OCC(=O)N(CCC#N)c1cc(C)cc(C)c1. The average molecular weight is 369 g/mol. The highest BCUT2D eigenvalue weighted by Crippen LogP contribution is 2.20. The van der Waals surface area contributed by atoms with E-state index >= 15 is 0 Å². The van der Waals surface area contributed by atoms with E-state index in [1.165, 1.54) is 4.90 Å². The van der Waals surface area contributed by atoms with Crippen molar-refractivity contribution in [2.75, 3.05) is 18.1 Å². The number of carbonyl (C=O) groups is 2. The molecule has 2 rings (SSSR count). The van der Waals surface area contributed by atoms with Crippen molar-refractivity contribution >= 4 is 17.6 Å². The molecule has 0 saturated carbocycles. The summed E-state index contributed by atoms with van der Waals surface area (Å²) < 4.78 is 10.2. The van der Waals surface area contributed by atoms with E-state index in [2.05, 4.69) is 5.16 Å². The van der Waals surface area contributed by atoms with Crippen LogP contribution in [0.1, 0.15) is 46.3 Å². The van der Waals surface area contributed by atoms with Crippen LogP contribution in [0, 0.1) is 32.1 Å². The van der Waals surface area contributed by atoms with Gasteiger partial charge in [-0.25, -0.2) is 4.79 Å². The molecule has 7 heteroatoms. The van der Waals surface area contributed by atoms with E-state index in [0.29, 0.717) is 23.6 Å². The molecule has 27 heavy (non-hydrogen) atoms. The van der Waals surface area contributed by atoms with Gasteiger partial charge < -0.3 is 14.2 Å². The van der Waals surface area contributed by atoms with Crippen LogP contribution in [-0.4, -0.2) is 30.2 Å². The molecule has 0 saturated heterocycles. The van der Waals surface area contributed by atoms with Crippen molar-refractivity contribution in [1.82, 2.24) is 5.16 Å². The lowest BCUT2D eigenvalue weighted by atomic mass is 10.1. The highest BCUT2D eigenvalue weighted by molar-refractivity contribution is 5.97. The summed E-state index contributed by atoms with van der Waals surface area (Å²) in [6, 6.07) is 7.77. The third-order valence-electron chi connectivity index (χ3n) is 4.07. The Morgan fingerprint density at radius 1 is 1.22 bits per heavy atom. The Balaban J connectivity index is 2.15. The van der Waals surface area contributed by atoms with Gasteiger partial charge in [0.25, 0.3) is 5.91 Å². The first-order chi connectivity index (χ1) is 12.9. The monoisotopic (exact) mass is 369 g/mol. The Morgan fingerprint density at radius 3 is 2.48 bits per heavy atom. The highest BCUT2D eigenvalue weighted by Gasteiger charge is 2.23. The van der Waals surface area contributed by atoms with Crippen LogP contribution in [0.15, 0.2) is 22.7 Å². The van der Waals surface area contributed by atoms with Gasteiger partial charge in [0.05, 0.1) is 18.2 Å². The Labute approximate surface area is 158 Å². The van der Waals surface area contributed by atoms with Crippen molar-refractivity contribution in [1.29, 1.82) is 5.26 Å². The van der Waals surface area contributed by atoms with Gasteiger partial charge in [0.15, 0.2) is 6.61 Å². The lowest BCUT2D eigenvalue weighted by Gasteiger charge is -2.22. The van der Waals surface area contributed by atoms with Crippen LogP contribution >= 0.6 is 0 Å². The molecule has 2 aromatic rings. The molecule has 7 nitrogen and oxygen atoms in total. The normalized spacial score (nSPS) is 10.3. The Bertz CT molecular complexity index is 860. The van der Waals surface area contributed by atoms with Crippen molar-refractivity contribution in [2.24, 2.45) is 0 Å². The minimum absolute atomic E-state index is 0.178. The topological polar surface area (TPSA) is 96.4 Å². The van der Waals surface area contributed by atoms with E-state index in [1.54, 1.807) is 6.92 Å². The number of amides is 1. The maximum Gasteiger partial charge on any atom is 0.344 e. The van der Waals surface area contributed by atoms with Gasteiger partial charge in [-0.15, -0.1) is 0 Å². The summed E-state index contributed by atoms with van der Waals surface area (Å²) in [5.74, 6) is -0.671. The van der Waals surface area contributed by atoms with Crippen LogP contribution in [0.25, 0.3) is 0 Å². The first-order valence-electron chi connectivity index (χ1n) is 8.75. The van der Waals surface area contributed by atoms with E-state index in [-0.39, 0.29) is 18.5 Å². The van der Waals surface area contributed by atoms with Crippen molar-refractivity contribution < 1.29 is 18.8 Å². The lowest BCUT2D eigenvalue weighted by Crippen LogP contribution is -2.35. The average Bonchev–Trinajstić information content (AvgIpc) is 3.00. The number of nitrogens with zero attached hydrogens (tertiary/aromatic N) is 3. The summed E-state index contributed by atoms with van der Waals surface area (Å²) >= 11 is 0. The van der Waals surface area contributed by atoms with E-state index in [0.717, 1.165) is 11.1 Å². The fraction of sp³-hybridized carbons (Fsp3) is 0.400. The zero-order valence-electron chi connectivity index (χ0n) is 16.0. The van der Waals surface area contributed by atoms with Crippen LogP contribution < -0.4 is 4.90 Å². The molecular formula is C20H23N3O4. The van der Waals surface area contributed by atoms with Gasteiger partial charge in [-0.1, -0.05) is 18.1 Å². The summed E-state index contributed by atoms with van der Waals surface area (Å²) in [5.41, 5.74) is 3.45. The first kappa shape index (κ1) is 20.2. The third kappa shape index (κ3) is 4.94. The molecule has 0 radical (unpaired) electrons. The molecule has 142 valence electrons. The number of rotatable bonds is 7. The van der Waals surface area contributed by atoms with E-state index in [1.807, 2.05) is 45.0 Å². The second-order valence-corrected chi connectivity index (χ2v) is 6.29. The molecule has 1 amide bonds. The fourth-order valence-electron chi connectivity index (χ4n) is 2.86. The van der Waals surface area contributed by atoms with Crippen molar-refractivity contribution in [3.8, 4) is 6.07 Å². The quantitative estimate of drug-likeness (QED) is 0.695. The second-order valence-electron chi connectivity index (χ2n) is 6.29. The van der Waals surface area contributed by atoms with Crippen LogP contribution in [-0.2, 0) is 16.0 Å². The number of ether oxygens (including phenoxy) is 1. The molecular weight excluding hydrogens is 346 g/mol. The van der Waals surface area contributed by atoms with Crippen LogP contribution in [0.4, 0.5) is 5.69 Å². The number of aromatic nitrogens is 1. The van der Waals surface area contributed by atoms with Crippen molar-refractivity contribution in [3.63, 3.8) is 0 Å². The number of aryl methyl sites for hydroxylation is 4. The highest BCUT2D eigenvalue weighted by atomic mass is 16.5. The van der Waals surface area contributed by atoms with Gasteiger partial charge in [0, 0.05) is 12.2 Å². The Kier molecular flexibility index (Phi) is 6.72. The molecule has 1 aromatic carbocycles. The molecule has 0 unspecified atom stereocenters. The molecule has 0 aliphatic heterocycles. The number of esters is 1. The maximum atomic E-state index is 12.7. The Morgan fingerprint density at radius 2 is 1.89 bits per heavy atom. The molecule has 0 fully saturated rings. The van der Waals surface area contributed by atoms with Crippen LogP contribution in [0.3, 0.4) is 0 Å². The van der Waals surface area contributed by atoms with Crippen molar-refractivity contribution in [2.45, 2.75) is 40.5 Å². The first-order valence-corrected chi connectivity index (χ1v) is 8.75. The standard InChI is InChI=1S/C20H23N3O4/c1-5-17-19(15(4)27-22-17)20(25)26-12-18(24)23(8-6-7-21)16-10-13(2)9-14(3)11-16/h9-11H,5-6,8,12H2,1-4H3. The van der Waals surface area contributed by atoms with Crippen LogP contribution in [0.5, 0.6) is 0 Å². The smallest absolute Gasteiger partial charge is 0.344 e. The maximum absolute atomic E-state index is 12.7. The Hall–Kier alpha value is -3.14. The predicted octanol–water partition coefficient (Wildman–Crippen LogP) is 3.27. The van der Waals surface area contributed by atoms with Gasteiger partial charge in [-0.2, -0.15) is 5.26 Å². The summed E-state index contributed by atoms with van der Waals surface area (Å²) in [5, 5.41) is 12.7. The summed E-state index contributed by atoms with van der Waals surface area (Å²) in [6.45, 7) is 7.14. The van der Waals surface area contributed by atoms with Gasteiger partial charge >= 0.3 is 5.97 Å². The number of hydrogen-bond acceptors (Lipinski definition) is 6. The number of anilines is 1. The number of carbonyl (C=O) groups excluding carboxylic acids is 2. The zero-order chi connectivity index (χ0) is 20.0. The van der Waals surface area contributed by atoms with E-state index < -0.39 is 18.5 Å². The zero-order valence-corrected chi connectivity index (χ0v) is 16.0. The second kappa shape index (κ2) is 8.99. The largest absolute Gasteiger partial charge is 0.452 e. The number of benzene rings is 1. The van der Waals surface area contributed by atoms with Gasteiger partial charge in [-0.3, -0.25) is 4.79 Å². The van der Waals surface area contributed by atoms with Crippen molar-refractivity contribution in [3.05, 3.63) is 46.3 Å². The van der Waals surface area contributed by atoms with Gasteiger partial charge in [0.2, 0.25) is 0 Å². The fourth-order valence-corrected chi connectivity index (χ4v) is 2.86. The predicted molar refractivity (Wildman–Crippen MR) is 99.4 cm³/mol. The minimum Gasteiger partial charge on any atom is -0.452 e. The van der Waals surface area contributed by atoms with E-state index in [4.69, 9.17) is 14.5 Å². The molecule has 0 N–H and O–H groups in total. The third-order valence-corrected chi connectivity index (χ3v) is 4.07.